The van der Waals surface area contributed by atoms with E-state index < -0.39 is 5.97 Å². The van der Waals surface area contributed by atoms with Gasteiger partial charge in [-0.3, -0.25) is 0 Å². The van der Waals surface area contributed by atoms with Crippen LogP contribution in [0.1, 0.15) is 17.5 Å². The number of H-pyrrole nitrogens is 1. The lowest BCUT2D eigenvalue weighted by molar-refractivity contribution is 0.0588. The number of benzene rings is 1. The van der Waals surface area contributed by atoms with Crippen molar-refractivity contribution < 1.29 is 9.53 Å². The number of hydrogen-bond donors (Lipinski definition) is 1. The minimum Gasteiger partial charge on any atom is -0.463 e. The van der Waals surface area contributed by atoms with E-state index in [1.165, 1.54) is 12.0 Å². The van der Waals surface area contributed by atoms with Crippen LogP contribution in [0, 0.1) is 0 Å². The van der Waals surface area contributed by atoms with Crippen molar-refractivity contribution in [3.63, 3.8) is 0 Å². The van der Waals surface area contributed by atoms with E-state index in [9.17, 15) is 4.79 Å². The Bertz CT molecular complexity index is 534. The number of methoxy groups -OCH3 is 1. The first-order chi connectivity index (χ1) is 8.74. The Morgan fingerprint density at radius 3 is 2.72 bits per heavy atom. The SMILES string of the molecule is CCSc1ccc(-c2cnc(C(=O)OC)[nH]2)cc1. The molecule has 0 atom stereocenters. The number of nitrogens with one attached hydrogen (secondary N) is 1. The molecule has 0 bridgehead atoms. The molecule has 0 saturated carbocycles. The van der Waals surface area contributed by atoms with Crippen LogP contribution in [0.15, 0.2) is 35.4 Å². The molecule has 0 amide bonds. The van der Waals surface area contributed by atoms with Gasteiger partial charge in [0.25, 0.3) is 0 Å². The molecular formula is C13H14N2O2S. The fourth-order valence-corrected chi connectivity index (χ4v) is 2.23. The molecule has 1 heterocycles. The summed E-state index contributed by atoms with van der Waals surface area (Å²) < 4.78 is 4.60. The number of thioether (sulfide) groups is 1. The van der Waals surface area contributed by atoms with E-state index in [0.29, 0.717) is 0 Å². The average Bonchev–Trinajstić information content (AvgIpc) is 2.89. The Labute approximate surface area is 110 Å². The monoisotopic (exact) mass is 262 g/mol. The second kappa shape index (κ2) is 5.73. The van der Waals surface area contributed by atoms with Crippen molar-refractivity contribution in [2.45, 2.75) is 11.8 Å². The highest BCUT2D eigenvalue weighted by Gasteiger charge is 2.10. The van der Waals surface area contributed by atoms with Gasteiger partial charge in [0.2, 0.25) is 5.82 Å². The molecule has 0 aliphatic carbocycles. The summed E-state index contributed by atoms with van der Waals surface area (Å²) in [6, 6.07) is 8.13. The third-order valence-corrected chi connectivity index (χ3v) is 3.33. The second-order valence-electron chi connectivity index (χ2n) is 3.59. The van der Waals surface area contributed by atoms with Gasteiger partial charge in [0.05, 0.1) is 19.0 Å². The fourth-order valence-electron chi connectivity index (χ4n) is 1.57. The van der Waals surface area contributed by atoms with Crippen LogP contribution in [-0.4, -0.2) is 28.8 Å². The summed E-state index contributed by atoms with van der Waals surface area (Å²) in [5, 5.41) is 0. The minimum absolute atomic E-state index is 0.222. The molecule has 0 saturated heterocycles. The molecule has 0 aliphatic heterocycles. The molecular weight excluding hydrogens is 248 g/mol. The maximum absolute atomic E-state index is 11.3. The summed E-state index contributed by atoms with van der Waals surface area (Å²) in [6.45, 7) is 2.12. The number of rotatable bonds is 4. The number of aromatic nitrogens is 2. The molecule has 0 radical (unpaired) electrons. The molecule has 2 rings (SSSR count). The molecule has 0 aliphatic rings. The number of esters is 1. The Morgan fingerprint density at radius 2 is 2.11 bits per heavy atom. The van der Waals surface area contributed by atoms with Crippen molar-refractivity contribution in [1.82, 2.24) is 9.97 Å². The molecule has 18 heavy (non-hydrogen) atoms. The normalized spacial score (nSPS) is 10.3. The number of aromatic amines is 1. The Kier molecular flexibility index (Phi) is 4.04. The van der Waals surface area contributed by atoms with Gasteiger partial charge in [0.1, 0.15) is 0 Å². The van der Waals surface area contributed by atoms with Crippen LogP contribution < -0.4 is 0 Å². The van der Waals surface area contributed by atoms with E-state index in [4.69, 9.17) is 0 Å². The lowest BCUT2D eigenvalue weighted by Crippen LogP contribution is -2.03. The summed E-state index contributed by atoms with van der Waals surface area (Å²) in [5.41, 5.74) is 1.81. The number of ether oxygens (including phenoxy) is 1. The van der Waals surface area contributed by atoms with Gasteiger partial charge in [-0.05, 0) is 23.4 Å². The van der Waals surface area contributed by atoms with Crippen LogP contribution in [0.25, 0.3) is 11.3 Å². The highest BCUT2D eigenvalue weighted by Crippen LogP contribution is 2.22. The topological polar surface area (TPSA) is 55.0 Å². The van der Waals surface area contributed by atoms with E-state index in [2.05, 4.69) is 33.8 Å². The summed E-state index contributed by atoms with van der Waals surface area (Å²) >= 11 is 1.79. The van der Waals surface area contributed by atoms with E-state index in [0.717, 1.165) is 17.0 Å². The Morgan fingerprint density at radius 1 is 1.39 bits per heavy atom. The Hall–Kier alpha value is -1.75. The maximum atomic E-state index is 11.3. The van der Waals surface area contributed by atoms with E-state index in [1.54, 1.807) is 18.0 Å². The van der Waals surface area contributed by atoms with Crippen molar-refractivity contribution >= 4 is 17.7 Å². The standard InChI is InChI=1S/C13H14N2O2S/c1-3-18-10-6-4-9(5-7-10)11-8-14-12(15-11)13(16)17-2/h4-8H,3H2,1-2H3,(H,14,15). The number of carbonyl (C=O) groups excluding carboxylic acids is 1. The van der Waals surface area contributed by atoms with Crippen LogP contribution in [0.5, 0.6) is 0 Å². The first-order valence-corrected chi connectivity index (χ1v) is 6.59. The van der Waals surface area contributed by atoms with Crippen molar-refractivity contribution in [3.8, 4) is 11.3 Å². The molecule has 0 fully saturated rings. The molecule has 1 N–H and O–H groups in total. The third-order valence-electron chi connectivity index (χ3n) is 2.43. The number of carbonyl (C=O) groups is 1. The van der Waals surface area contributed by atoms with Gasteiger partial charge in [-0.1, -0.05) is 19.1 Å². The lowest BCUT2D eigenvalue weighted by atomic mass is 10.2. The summed E-state index contributed by atoms with van der Waals surface area (Å²) in [5.74, 6) is 0.814. The zero-order valence-corrected chi connectivity index (χ0v) is 11.1. The van der Waals surface area contributed by atoms with Crippen molar-refractivity contribution in [1.29, 1.82) is 0 Å². The van der Waals surface area contributed by atoms with Crippen LogP contribution in [0.3, 0.4) is 0 Å². The zero-order chi connectivity index (χ0) is 13.0. The zero-order valence-electron chi connectivity index (χ0n) is 10.3. The first kappa shape index (κ1) is 12.7. The molecule has 0 unspecified atom stereocenters. The predicted octanol–water partition coefficient (Wildman–Crippen LogP) is 2.98. The molecule has 0 spiro atoms. The van der Waals surface area contributed by atoms with Gasteiger partial charge in [-0.15, -0.1) is 11.8 Å². The number of imidazole rings is 1. The van der Waals surface area contributed by atoms with Gasteiger partial charge in [0.15, 0.2) is 0 Å². The van der Waals surface area contributed by atoms with Gasteiger partial charge in [0, 0.05) is 4.90 Å². The number of nitrogens with zero attached hydrogens (tertiary/aromatic N) is 1. The van der Waals surface area contributed by atoms with Crippen molar-refractivity contribution in [2.24, 2.45) is 0 Å². The highest BCUT2D eigenvalue weighted by atomic mass is 32.2. The molecule has 94 valence electrons. The van der Waals surface area contributed by atoms with Gasteiger partial charge in [-0.2, -0.15) is 0 Å². The molecule has 2 aromatic rings. The first-order valence-electron chi connectivity index (χ1n) is 5.61. The van der Waals surface area contributed by atoms with Crippen LogP contribution in [-0.2, 0) is 4.74 Å². The van der Waals surface area contributed by atoms with Gasteiger partial charge in [-0.25, -0.2) is 9.78 Å². The fraction of sp³-hybridized carbons (Fsp3) is 0.231. The molecule has 1 aromatic heterocycles. The second-order valence-corrected chi connectivity index (χ2v) is 4.93. The van der Waals surface area contributed by atoms with E-state index in [1.807, 2.05) is 12.1 Å². The van der Waals surface area contributed by atoms with Crippen LogP contribution >= 0.6 is 11.8 Å². The van der Waals surface area contributed by atoms with Crippen molar-refractivity contribution in [3.05, 3.63) is 36.3 Å². The third kappa shape index (κ3) is 2.73. The average molecular weight is 262 g/mol. The predicted molar refractivity (Wildman–Crippen MR) is 71.8 cm³/mol. The van der Waals surface area contributed by atoms with E-state index in [-0.39, 0.29) is 5.82 Å². The molecule has 4 nitrogen and oxygen atoms in total. The summed E-state index contributed by atoms with van der Waals surface area (Å²) in [6.07, 6.45) is 1.63. The lowest BCUT2D eigenvalue weighted by Gasteiger charge is -2.00. The largest absolute Gasteiger partial charge is 0.463 e. The summed E-state index contributed by atoms with van der Waals surface area (Å²) in [4.78, 5) is 19.4. The minimum atomic E-state index is -0.459. The smallest absolute Gasteiger partial charge is 0.374 e. The molecule has 5 heteroatoms. The van der Waals surface area contributed by atoms with Crippen molar-refractivity contribution in [2.75, 3.05) is 12.9 Å². The highest BCUT2D eigenvalue weighted by molar-refractivity contribution is 7.99. The van der Waals surface area contributed by atoms with Gasteiger partial charge < -0.3 is 9.72 Å². The molecule has 1 aromatic carbocycles. The summed E-state index contributed by atoms with van der Waals surface area (Å²) in [7, 11) is 1.33. The Balaban J connectivity index is 2.20. The van der Waals surface area contributed by atoms with Crippen LogP contribution in [0.4, 0.5) is 0 Å². The quantitative estimate of drug-likeness (QED) is 0.680. The van der Waals surface area contributed by atoms with E-state index >= 15 is 0 Å². The number of hydrogen-bond acceptors (Lipinski definition) is 4. The van der Waals surface area contributed by atoms with Crippen LogP contribution in [0.2, 0.25) is 0 Å². The van der Waals surface area contributed by atoms with Gasteiger partial charge >= 0.3 is 5.97 Å². The maximum Gasteiger partial charge on any atom is 0.374 e.